The van der Waals surface area contributed by atoms with Crippen molar-refractivity contribution in [2.24, 2.45) is 11.1 Å². The van der Waals surface area contributed by atoms with Crippen molar-refractivity contribution < 1.29 is 9.47 Å². The molecule has 106 valence electrons. The zero-order valence-corrected chi connectivity index (χ0v) is 12.0. The summed E-state index contributed by atoms with van der Waals surface area (Å²) in [5.41, 5.74) is 6.54. The first-order valence-electron chi connectivity index (χ1n) is 7.19. The Balaban J connectivity index is 1.78. The van der Waals surface area contributed by atoms with E-state index in [1.54, 1.807) is 0 Å². The van der Waals surface area contributed by atoms with Crippen LogP contribution < -0.4 is 11.1 Å². The third-order valence-corrected chi connectivity index (χ3v) is 4.73. The summed E-state index contributed by atoms with van der Waals surface area (Å²) in [6.07, 6.45) is 3.42. The van der Waals surface area contributed by atoms with Gasteiger partial charge in [0.15, 0.2) is 0 Å². The molecule has 4 heteroatoms. The molecule has 0 aromatic rings. The molecule has 4 nitrogen and oxygen atoms in total. The predicted octanol–water partition coefficient (Wildman–Crippen LogP) is 1.29. The van der Waals surface area contributed by atoms with Crippen molar-refractivity contribution in [3.63, 3.8) is 0 Å². The lowest BCUT2D eigenvalue weighted by Gasteiger charge is -2.52. The minimum atomic E-state index is -0.0783. The van der Waals surface area contributed by atoms with Crippen LogP contribution >= 0.6 is 0 Å². The first kappa shape index (κ1) is 14.3. The van der Waals surface area contributed by atoms with Gasteiger partial charge in [-0.1, -0.05) is 13.8 Å². The number of nitrogens with two attached hydrogens (primary N) is 1. The average molecular weight is 256 g/mol. The van der Waals surface area contributed by atoms with Crippen molar-refractivity contribution in [3.05, 3.63) is 0 Å². The maximum Gasteiger partial charge on any atom is 0.0655 e. The lowest BCUT2D eigenvalue weighted by Crippen LogP contribution is -2.64. The fourth-order valence-electron chi connectivity index (χ4n) is 3.00. The Morgan fingerprint density at radius 1 is 1.33 bits per heavy atom. The van der Waals surface area contributed by atoms with E-state index in [9.17, 15) is 0 Å². The number of nitrogens with one attached hydrogen (secondary N) is 1. The molecule has 0 bridgehead atoms. The number of rotatable bonds is 5. The van der Waals surface area contributed by atoms with E-state index in [4.69, 9.17) is 15.2 Å². The summed E-state index contributed by atoms with van der Waals surface area (Å²) in [7, 11) is 0. The molecular formula is C14H28N2O2. The molecule has 1 aliphatic carbocycles. The van der Waals surface area contributed by atoms with E-state index in [0.29, 0.717) is 12.1 Å². The van der Waals surface area contributed by atoms with E-state index >= 15 is 0 Å². The zero-order chi connectivity index (χ0) is 13.2. The highest BCUT2D eigenvalue weighted by Crippen LogP contribution is 2.42. The second kappa shape index (κ2) is 5.45. The molecule has 1 aliphatic heterocycles. The van der Waals surface area contributed by atoms with E-state index < -0.39 is 0 Å². The molecule has 2 unspecified atom stereocenters. The van der Waals surface area contributed by atoms with Crippen LogP contribution in [-0.4, -0.2) is 44.1 Å². The van der Waals surface area contributed by atoms with E-state index in [0.717, 1.165) is 45.6 Å². The van der Waals surface area contributed by atoms with Crippen LogP contribution in [0.3, 0.4) is 0 Å². The van der Waals surface area contributed by atoms with E-state index in [2.05, 4.69) is 26.1 Å². The lowest BCUT2D eigenvalue weighted by molar-refractivity contribution is -0.115. The average Bonchev–Trinajstić information content (AvgIpc) is 2.33. The van der Waals surface area contributed by atoms with Crippen molar-refractivity contribution in [1.82, 2.24) is 5.32 Å². The quantitative estimate of drug-likeness (QED) is 0.778. The fourth-order valence-corrected chi connectivity index (χ4v) is 3.00. The SMILES string of the molecule is CCOC1CC(NCC2(N)CCOCC2)C1(C)C. The van der Waals surface area contributed by atoms with Crippen LogP contribution in [0, 0.1) is 5.41 Å². The molecule has 2 atom stereocenters. The van der Waals surface area contributed by atoms with Crippen LogP contribution in [0.2, 0.25) is 0 Å². The van der Waals surface area contributed by atoms with Gasteiger partial charge in [-0.2, -0.15) is 0 Å². The summed E-state index contributed by atoms with van der Waals surface area (Å²) < 4.78 is 11.1. The van der Waals surface area contributed by atoms with Gasteiger partial charge in [0.05, 0.1) is 6.10 Å². The Kier molecular flexibility index (Phi) is 4.32. The lowest BCUT2D eigenvalue weighted by atomic mass is 9.64. The predicted molar refractivity (Wildman–Crippen MR) is 72.6 cm³/mol. The molecule has 2 fully saturated rings. The Bertz CT molecular complexity index is 275. The molecule has 18 heavy (non-hydrogen) atoms. The van der Waals surface area contributed by atoms with Crippen LogP contribution in [-0.2, 0) is 9.47 Å². The van der Waals surface area contributed by atoms with Crippen LogP contribution in [0.4, 0.5) is 0 Å². The Labute approximate surface area is 111 Å². The Hall–Kier alpha value is -0.160. The molecule has 3 N–H and O–H groups in total. The first-order chi connectivity index (χ1) is 8.48. The maximum atomic E-state index is 6.39. The summed E-state index contributed by atoms with van der Waals surface area (Å²) in [6, 6.07) is 0.525. The molecule has 2 rings (SSSR count). The minimum Gasteiger partial charge on any atom is -0.381 e. The third-order valence-electron chi connectivity index (χ3n) is 4.73. The Morgan fingerprint density at radius 2 is 2.00 bits per heavy atom. The normalized spacial score (nSPS) is 34.0. The molecule has 2 aliphatic rings. The summed E-state index contributed by atoms with van der Waals surface area (Å²) in [6.45, 7) is 9.92. The highest BCUT2D eigenvalue weighted by molar-refractivity contribution is 5.04. The van der Waals surface area contributed by atoms with E-state index in [-0.39, 0.29) is 11.0 Å². The van der Waals surface area contributed by atoms with Gasteiger partial charge in [0.25, 0.3) is 0 Å². The van der Waals surface area contributed by atoms with Gasteiger partial charge in [-0.3, -0.25) is 0 Å². The summed E-state index contributed by atoms with van der Waals surface area (Å²) in [5.74, 6) is 0. The van der Waals surface area contributed by atoms with E-state index in [1.165, 1.54) is 0 Å². The minimum absolute atomic E-state index is 0.0783. The van der Waals surface area contributed by atoms with Crippen molar-refractivity contribution in [3.8, 4) is 0 Å². The largest absolute Gasteiger partial charge is 0.381 e. The molecule has 1 saturated carbocycles. The maximum absolute atomic E-state index is 6.39. The molecule has 1 saturated heterocycles. The fraction of sp³-hybridized carbons (Fsp3) is 1.00. The zero-order valence-electron chi connectivity index (χ0n) is 12.0. The molecular weight excluding hydrogens is 228 g/mol. The first-order valence-corrected chi connectivity index (χ1v) is 7.19. The summed E-state index contributed by atoms with van der Waals surface area (Å²) in [5, 5.41) is 3.65. The van der Waals surface area contributed by atoms with Gasteiger partial charge in [-0.05, 0) is 26.2 Å². The van der Waals surface area contributed by atoms with Gasteiger partial charge in [-0.25, -0.2) is 0 Å². The summed E-state index contributed by atoms with van der Waals surface area (Å²) >= 11 is 0. The van der Waals surface area contributed by atoms with Crippen LogP contribution in [0.5, 0.6) is 0 Å². The van der Waals surface area contributed by atoms with Crippen LogP contribution in [0.1, 0.15) is 40.0 Å². The third kappa shape index (κ3) is 2.87. The van der Waals surface area contributed by atoms with Crippen molar-refractivity contribution in [1.29, 1.82) is 0 Å². The van der Waals surface area contributed by atoms with Gasteiger partial charge in [0.1, 0.15) is 0 Å². The highest BCUT2D eigenvalue weighted by atomic mass is 16.5. The van der Waals surface area contributed by atoms with E-state index in [1.807, 2.05) is 0 Å². The van der Waals surface area contributed by atoms with Crippen LogP contribution in [0.15, 0.2) is 0 Å². The van der Waals surface area contributed by atoms with Gasteiger partial charge >= 0.3 is 0 Å². The topological polar surface area (TPSA) is 56.5 Å². The molecule has 0 aromatic heterocycles. The van der Waals surface area contributed by atoms with Crippen molar-refractivity contribution >= 4 is 0 Å². The smallest absolute Gasteiger partial charge is 0.0655 e. The monoisotopic (exact) mass is 256 g/mol. The highest BCUT2D eigenvalue weighted by Gasteiger charge is 2.49. The Morgan fingerprint density at radius 3 is 2.56 bits per heavy atom. The second-order valence-electron chi connectivity index (χ2n) is 6.41. The number of hydrogen-bond acceptors (Lipinski definition) is 4. The molecule has 0 spiro atoms. The van der Waals surface area contributed by atoms with Crippen molar-refractivity contribution in [2.45, 2.75) is 57.7 Å². The van der Waals surface area contributed by atoms with Crippen molar-refractivity contribution in [2.75, 3.05) is 26.4 Å². The van der Waals surface area contributed by atoms with Gasteiger partial charge < -0.3 is 20.5 Å². The molecule has 0 aromatic carbocycles. The molecule has 0 radical (unpaired) electrons. The van der Waals surface area contributed by atoms with Gasteiger partial charge in [0.2, 0.25) is 0 Å². The number of hydrogen-bond donors (Lipinski definition) is 2. The summed E-state index contributed by atoms with van der Waals surface area (Å²) in [4.78, 5) is 0. The molecule has 0 amide bonds. The van der Waals surface area contributed by atoms with Gasteiger partial charge in [-0.15, -0.1) is 0 Å². The van der Waals surface area contributed by atoms with Gasteiger partial charge in [0, 0.05) is 43.4 Å². The van der Waals surface area contributed by atoms with Crippen LogP contribution in [0.25, 0.3) is 0 Å². The molecule has 1 heterocycles. The number of ether oxygens (including phenoxy) is 2. The second-order valence-corrected chi connectivity index (χ2v) is 6.41. The standard InChI is InChI=1S/C14H28N2O2/c1-4-18-12-9-11(13(12,2)3)16-10-14(15)5-7-17-8-6-14/h11-12,16H,4-10,15H2,1-3H3.